The van der Waals surface area contributed by atoms with Crippen LogP contribution in [0.5, 0.6) is 0 Å². The van der Waals surface area contributed by atoms with E-state index in [2.05, 4.69) is 6.92 Å². The number of hydrogen-bond acceptors (Lipinski definition) is 2. The van der Waals surface area contributed by atoms with E-state index in [4.69, 9.17) is 20.1 Å². The van der Waals surface area contributed by atoms with E-state index in [0.29, 0.717) is 6.42 Å². The third kappa shape index (κ3) is 44.2. The first-order valence-electron chi connectivity index (χ1n) is 9.64. The van der Waals surface area contributed by atoms with Gasteiger partial charge in [0.15, 0.2) is 0 Å². The molecule has 0 aliphatic carbocycles. The van der Waals surface area contributed by atoms with Crippen LogP contribution in [0.4, 0.5) is 4.79 Å². The molecule has 0 fully saturated rings. The number of unbranched alkanes of at least 4 members (excludes halogenated alkanes) is 14. The van der Waals surface area contributed by atoms with Crippen molar-refractivity contribution in [3.63, 3.8) is 0 Å². The van der Waals surface area contributed by atoms with Crippen molar-refractivity contribution in [2.24, 2.45) is 0 Å². The minimum absolute atomic E-state index is 0. The summed E-state index contributed by atoms with van der Waals surface area (Å²) in [5, 5.41) is 22.5. The normalized spacial score (nSPS) is 9.27. The van der Waals surface area contributed by atoms with Crippen LogP contribution in [-0.2, 0) is 4.79 Å². The summed E-state index contributed by atoms with van der Waals surface area (Å²) >= 11 is 0. The standard InChI is InChI=1S/C18H36O2.CH2O3.2Pb.4H/c1-2-3-4-5-6-7-8-9-10-11-12-13-14-15-16-17-18(19)20;2-1(3)4;;;;;;/h2-17H2,1H3,(H,19,20);(H2,2,3,4);;;;;;. The topological polar surface area (TPSA) is 94.8 Å². The number of carboxylic acids is 1. The van der Waals surface area contributed by atoms with Crippen LogP contribution in [-0.4, -0.2) is 82.0 Å². The van der Waals surface area contributed by atoms with Crippen LogP contribution in [0.25, 0.3) is 0 Å². The van der Waals surface area contributed by atoms with Crippen molar-refractivity contribution >= 4 is 66.7 Å². The summed E-state index contributed by atoms with van der Waals surface area (Å²) in [5.74, 6) is -0.653. The van der Waals surface area contributed by atoms with Crippen molar-refractivity contribution in [2.75, 3.05) is 0 Å². The molecule has 0 atom stereocenters. The fourth-order valence-corrected chi connectivity index (χ4v) is 2.65. The zero-order chi connectivity index (χ0) is 18.5. The van der Waals surface area contributed by atoms with Crippen LogP contribution in [0.3, 0.4) is 0 Å². The first kappa shape index (κ1) is 34.1. The van der Waals surface area contributed by atoms with Crippen molar-refractivity contribution in [3.05, 3.63) is 0 Å². The third-order valence-electron chi connectivity index (χ3n) is 3.99. The van der Waals surface area contributed by atoms with Gasteiger partial charge in [0.25, 0.3) is 0 Å². The molecule has 0 bridgehead atoms. The molecule has 0 aromatic rings. The Kier molecular flexibility index (Phi) is 39.8. The van der Waals surface area contributed by atoms with E-state index in [9.17, 15) is 4.79 Å². The van der Waals surface area contributed by atoms with Gasteiger partial charge in [-0.2, -0.15) is 0 Å². The second-order valence-electron chi connectivity index (χ2n) is 6.38. The Hall–Kier alpha value is 0.584. The third-order valence-corrected chi connectivity index (χ3v) is 3.99. The van der Waals surface area contributed by atoms with E-state index in [1.54, 1.807) is 0 Å². The summed E-state index contributed by atoms with van der Waals surface area (Å²) in [5.41, 5.74) is 0. The maximum absolute atomic E-state index is 10.3. The van der Waals surface area contributed by atoms with Gasteiger partial charge in [0, 0.05) is 6.42 Å². The summed E-state index contributed by atoms with van der Waals surface area (Å²) in [6.45, 7) is 2.27. The number of rotatable bonds is 16. The first-order valence-corrected chi connectivity index (χ1v) is 9.64. The average Bonchev–Trinajstić information content (AvgIpc) is 2.50. The molecule has 26 heavy (non-hydrogen) atoms. The molecule has 0 unspecified atom stereocenters. The predicted molar refractivity (Wildman–Crippen MR) is 115 cm³/mol. The van der Waals surface area contributed by atoms with Crippen molar-refractivity contribution in [1.29, 1.82) is 0 Å². The average molecular weight is 765 g/mol. The van der Waals surface area contributed by atoms with E-state index < -0.39 is 12.1 Å². The Labute approximate surface area is 200 Å². The molecular weight excluding hydrogens is 723 g/mol. The Morgan fingerprint density at radius 1 is 0.538 bits per heavy atom. The second-order valence-corrected chi connectivity index (χ2v) is 6.38. The van der Waals surface area contributed by atoms with Gasteiger partial charge in [-0.05, 0) is 6.42 Å². The molecule has 156 valence electrons. The Morgan fingerprint density at radius 2 is 0.769 bits per heavy atom. The predicted octanol–water partition coefficient (Wildman–Crippen LogP) is 4.72. The van der Waals surface area contributed by atoms with Gasteiger partial charge in [-0.3, -0.25) is 4.79 Å². The van der Waals surface area contributed by atoms with Gasteiger partial charge in [-0.1, -0.05) is 96.8 Å². The van der Waals surface area contributed by atoms with Gasteiger partial charge in [0.2, 0.25) is 0 Å². The first-order chi connectivity index (χ1) is 11.5. The number of carbonyl (C=O) groups is 2. The molecule has 5 nitrogen and oxygen atoms in total. The number of aliphatic carboxylic acids is 1. The molecule has 3 N–H and O–H groups in total. The van der Waals surface area contributed by atoms with E-state index in [-0.39, 0.29) is 54.6 Å². The zero-order valence-corrected chi connectivity index (χ0v) is 27.9. The van der Waals surface area contributed by atoms with Gasteiger partial charge in [0.1, 0.15) is 0 Å². The van der Waals surface area contributed by atoms with E-state index in [0.717, 1.165) is 12.8 Å². The Bertz CT molecular complexity index is 285. The minimum atomic E-state index is -1.83. The van der Waals surface area contributed by atoms with Crippen molar-refractivity contribution in [1.82, 2.24) is 0 Å². The van der Waals surface area contributed by atoms with Gasteiger partial charge >= 0.3 is 66.7 Å². The van der Waals surface area contributed by atoms with Crippen LogP contribution in [0.15, 0.2) is 0 Å². The molecule has 0 saturated heterocycles. The van der Waals surface area contributed by atoms with Gasteiger partial charge < -0.3 is 15.3 Å². The summed E-state index contributed by atoms with van der Waals surface area (Å²) in [4.78, 5) is 18.9. The molecule has 0 heterocycles. The number of carboxylic acid groups (broad SMARTS) is 3. The van der Waals surface area contributed by atoms with E-state index in [1.807, 2.05) is 0 Å². The molecular formula is C19H42O5Pb2. The van der Waals surface area contributed by atoms with E-state index >= 15 is 0 Å². The van der Waals surface area contributed by atoms with Gasteiger partial charge in [-0.25, -0.2) is 4.79 Å². The van der Waals surface area contributed by atoms with Crippen LogP contribution in [0, 0.1) is 0 Å². The summed E-state index contributed by atoms with van der Waals surface area (Å²) in [7, 11) is 0. The zero-order valence-electron chi connectivity index (χ0n) is 16.9. The second kappa shape index (κ2) is 30.3. The Balaban J connectivity index is -0.000000363. The summed E-state index contributed by atoms with van der Waals surface area (Å²) < 4.78 is 0. The maximum atomic E-state index is 10.3. The summed E-state index contributed by atoms with van der Waals surface area (Å²) in [6.07, 6.45) is 18.4. The SMILES string of the molecule is CCCCCCCCCCCCCCCCCC(=O)O.O=C(O)O.[PbH2].[PbH2]. The molecule has 0 aliphatic heterocycles. The van der Waals surface area contributed by atoms with Gasteiger partial charge in [-0.15, -0.1) is 0 Å². The van der Waals surface area contributed by atoms with Crippen LogP contribution in [0.2, 0.25) is 0 Å². The molecule has 0 saturated carbocycles. The molecule has 0 aromatic carbocycles. The molecule has 0 aliphatic rings. The summed E-state index contributed by atoms with van der Waals surface area (Å²) in [6, 6.07) is 0. The Morgan fingerprint density at radius 3 is 1.00 bits per heavy atom. The molecule has 7 heteroatoms. The molecule has 0 rings (SSSR count). The quantitative estimate of drug-likeness (QED) is 0.156. The molecule has 0 aromatic heterocycles. The monoisotopic (exact) mass is 766 g/mol. The molecule has 4 radical (unpaired) electrons. The van der Waals surface area contributed by atoms with Crippen molar-refractivity contribution in [3.8, 4) is 0 Å². The number of hydrogen-bond donors (Lipinski definition) is 3. The van der Waals surface area contributed by atoms with Crippen molar-refractivity contribution in [2.45, 2.75) is 110 Å². The van der Waals surface area contributed by atoms with Gasteiger partial charge in [0.05, 0.1) is 0 Å². The fourth-order valence-electron chi connectivity index (χ4n) is 2.65. The van der Waals surface area contributed by atoms with E-state index in [1.165, 1.54) is 83.5 Å². The molecule has 0 amide bonds. The van der Waals surface area contributed by atoms with Crippen molar-refractivity contribution < 1.29 is 24.9 Å². The van der Waals surface area contributed by atoms with Crippen LogP contribution in [0.1, 0.15) is 110 Å². The van der Waals surface area contributed by atoms with Crippen LogP contribution >= 0.6 is 0 Å². The fraction of sp³-hybridized carbons (Fsp3) is 0.895. The molecule has 0 spiro atoms. The van der Waals surface area contributed by atoms with Crippen LogP contribution < -0.4 is 0 Å².